The van der Waals surface area contributed by atoms with Gasteiger partial charge in [-0.15, -0.1) is 11.3 Å². The van der Waals surface area contributed by atoms with Crippen molar-refractivity contribution in [3.05, 3.63) is 49.0 Å². The van der Waals surface area contributed by atoms with Crippen molar-refractivity contribution in [3.8, 4) is 5.75 Å². The molecule has 0 amide bonds. The van der Waals surface area contributed by atoms with Gasteiger partial charge in [0.2, 0.25) is 0 Å². The molecule has 0 unspecified atom stereocenters. The Morgan fingerprint density at radius 1 is 1.20 bits per heavy atom. The Balaban J connectivity index is 1.99. The third kappa shape index (κ3) is 4.88. The second-order valence-electron chi connectivity index (χ2n) is 4.78. The number of rotatable bonds is 6. The number of thiophene rings is 1. The second kappa shape index (κ2) is 7.59. The Hall–Kier alpha value is -0.360. The zero-order valence-electron chi connectivity index (χ0n) is 11.5. The van der Waals surface area contributed by atoms with Crippen molar-refractivity contribution in [1.82, 2.24) is 5.32 Å². The average Bonchev–Trinajstić information content (AvgIpc) is 2.82. The fourth-order valence-corrected chi connectivity index (χ4v) is 3.46. The number of nitrogens with one attached hydrogen (secondary N) is 1. The van der Waals surface area contributed by atoms with E-state index in [0.29, 0.717) is 12.6 Å². The summed E-state index contributed by atoms with van der Waals surface area (Å²) in [6, 6.07) is 10.7. The lowest BCUT2D eigenvalue weighted by Gasteiger charge is -2.12. The summed E-state index contributed by atoms with van der Waals surface area (Å²) in [4.78, 5) is 1.21. The first kappa shape index (κ1) is 16.0. The Bertz CT molecular complexity index is 569. The summed E-state index contributed by atoms with van der Waals surface area (Å²) in [5.41, 5.74) is 1.21. The van der Waals surface area contributed by atoms with Crippen LogP contribution in [0.4, 0.5) is 0 Å². The van der Waals surface area contributed by atoms with E-state index in [1.807, 2.05) is 18.2 Å². The quantitative estimate of drug-likeness (QED) is 0.682. The van der Waals surface area contributed by atoms with Gasteiger partial charge >= 0.3 is 0 Å². The highest BCUT2D eigenvalue weighted by molar-refractivity contribution is 9.11. The SMILES string of the molecule is CC(C)NCc1cc(OCc2ccc(Br)s2)ccc1Br. The van der Waals surface area contributed by atoms with E-state index >= 15 is 0 Å². The standard InChI is InChI=1S/C15H17Br2NOS/c1-10(2)18-8-11-7-12(3-5-14(11)16)19-9-13-4-6-15(17)20-13/h3-7,10,18H,8-9H2,1-2H3. The van der Waals surface area contributed by atoms with E-state index in [4.69, 9.17) is 4.74 Å². The topological polar surface area (TPSA) is 21.3 Å². The van der Waals surface area contributed by atoms with Crippen LogP contribution in [0.5, 0.6) is 5.75 Å². The maximum absolute atomic E-state index is 5.85. The van der Waals surface area contributed by atoms with E-state index in [0.717, 1.165) is 20.6 Å². The van der Waals surface area contributed by atoms with Gasteiger partial charge in [-0.25, -0.2) is 0 Å². The molecule has 2 rings (SSSR count). The molecule has 20 heavy (non-hydrogen) atoms. The van der Waals surface area contributed by atoms with Crippen molar-refractivity contribution in [2.24, 2.45) is 0 Å². The highest BCUT2D eigenvalue weighted by atomic mass is 79.9. The van der Waals surface area contributed by atoms with Crippen molar-refractivity contribution in [2.45, 2.75) is 33.0 Å². The smallest absolute Gasteiger partial charge is 0.122 e. The van der Waals surface area contributed by atoms with Crippen LogP contribution in [0, 0.1) is 0 Å². The summed E-state index contributed by atoms with van der Waals surface area (Å²) in [6.45, 7) is 5.72. The zero-order valence-corrected chi connectivity index (χ0v) is 15.4. The third-order valence-electron chi connectivity index (χ3n) is 2.73. The fraction of sp³-hybridized carbons (Fsp3) is 0.333. The lowest BCUT2D eigenvalue weighted by atomic mass is 10.2. The summed E-state index contributed by atoms with van der Waals surface area (Å²) in [6.07, 6.45) is 0. The summed E-state index contributed by atoms with van der Waals surface area (Å²) in [5, 5.41) is 3.42. The van der Waals surface area contributed by atoms with Crippen LogP contribution in [0.3, 0.4) is 0 Å². The Morgan fingerprint density at radius 2 is 2.00 bits per heavy atom. The fourth-order valence-electron chi connectivity index (χ4n) is 1.67. The first-order valence-corrected chi connectivity index (χ1v) is 8.83. The molecule has 0 atom stereocenters. The molecular weight excluding hydrogens is 402 g/mol. The van der Waals surface area contributed by atoms with Crippen molar-refractivity contribution in [3.63, 3.8) is 0 Å². The zero-order chi connectivity index (χ0) is 14.5. The molecule has 1 aromatic heterocycles. The molecule has 0 radical (unpaired) electrons. The molecule has 0 spiro atoms. The van der Waals surface area contributed by atoms with Crippen molar-refractivity contribution in [2.75, 3.05) is 0 Å². The molecule has 0 bridgehead atoms. The molecular formula is C15H17Br2NOS. The molecule has 0 saturated heterocycles. The molecule has 1 aromatic carbocycles. The normalized spacial score (nSPS) is 11.1. The van der Waals surface area contributed by atoms with E-state index in [-0.39, 0.29) is 0 Å². The highest BCUT2D eigenvalue weighted by Crippen LogP contribution is 2.26. The van der Waals surface area contributed by atoms with E-state index in [9.17, 15) is 0 Å². The largest absolute Gasteiger partial charge is 0.488 e. The van der Waals surface area contributed by atoms with Gasteiger partial charge in [0.05, 0.1) is 3.79 Å². The monoisotopic (exact) mass is 417 g/mol. The van der Waals surface area contributed by atoms with Gasteiger partial charge in [-0.3, -0.25) is 0 Å². The van der Waals surface area contributed by atoms with Crippen molar-refractivity contribution in [1.29, 1.82) is 0 Å². The van der Waals surface area contributed by atoms with Gasteiger partial charge in [0, 0.05) is 21.9 Å². The van der Waals surface area contributed by atoms with Crippen molar-refractivity contribution < 1.29 is 4.74 Å². The first-order valence-electron chi connectivity index (χ1n) is 6.43. The van der Waals surface area contributed by atoms with Crippen LogP contribution in [0.15, 0.2) is 38.6 Å². The molecule has 108 valence electrons. The first-order chi connectivity index (χ1) is 9.54. The van der Waals surface area contributed by atoms with Crippen LogP contribution in [0.2, 0.25) is 0 Å². The molecule has 0 aliphatic rings. The van der Waals surface area contributed by atoms with Crippen LogP contribution >= 0.6 is 43.2 Å². The number of halogens is 2. The molecule has 0 aliphatic heterocycles. The Kier molecular flexibility index (Phi) is 6.08. The molecule has 0 aliphatic carbocycles. The minimum Gasteiger partial charge on any atom is -0.488 e. The third-order valence-corrected chi connectivity index (χ3v) is 5.10. The maximum Gasteiger partial charge on any atom is 0.122 e. The lowest BCUT2D eigenvalue weighted by molar-refractivity contribution is 0.309. The number of benzene rings is 1. The highest BCUT2D eigenvalue weighted by Gasteiger charge is 2.05. The van der Waals surface area contributed by atoms with Crippen LogP contribution in [0.25, 0.3) is 0 Å². The second-order valence-corrected chi connectivity index (χ2v) is 8.19. The minimum atomic E-state index is 0.468. The Morgan fingerprint density at radius 3 is 2.65 bits per heavy atom. The van der Waals surface area contributed by atoms with Gasteiger partial charge in [0.15, 0.2) is 0 Å². The molecule has 2 nitrogen and oxygen atoms in total. The van der Waals surface area contributed by atoms with Gasteiger partial charge in [0.1, 0.15) is 12.4 Å². The van der Waals surface area contributed by atoms with Crippen molar-refractivity contribution >= 4 is 43.2 Å². The molecule has 1 heterocycles. The molecule has 5 heteroatoms. The molecule has 0 fully saturated rings. The predicted molar refractivity (Wildman–Crippen MR) is 92.5 cm³/mol. The van der Waals surface area contributed by atoms with Gasteiger partial charge in [-0.1, -0.05) is 29.8 Å². The summed E-state index contributed by atoms with van der Waals surface area (Å²) in [5.74, 6) is 0.901. The Labute approximate surface area is 140 Å². The summed E-state index contributed by atoms with van der Waals surface area (Å²) in [7, 11) is 0. The van der Waals surface area contributed by atoms with Gasteiger partial charge in [-0.2, -0.15) is 0 Å². The van der Waals surface area contributed by atoms with Crippen LogP contribution < -0.4 is 10.1 Å². The van der Waals surface area contributed by atoms with Crippen LogP contribution in [-0.4, -0.2) is 6.04 Å². The molecule has 2 aromatic rings. The van der Waals surface area contributed by atoms with E-state index in [1.165, 1.54) is 10.4 Å². The summed E-state index contributed by atoms with van der Waals surface area (Å²) >= 11 is 8.74. The number of hydrogen-bond acceptors (Lipinski definition) is 3. The molecule has 0 saturated carbocycles. The van der Waals surface area contributed by atoms with Gasteiger partial charge in [-0.05, 0) is 51.8 Å². The maximum atomic E-state index is 5.85. The number of hydrogen-bond donors (Lipinski definition) is 1. The van der Waals surface area contributed by atoms with E-state index in [1.54, 1.807) is 11.3 Å². The minimum absolute atomic E-state index is 0.468. The van der Waals surface area contributed by atoms with Crippen LogP contribution in [-0.2, 0) is 13.2 Å². The summed E-state index contributed by atoms with van der Waals surface area (Å²) < 4.78 is 8.09. The van der Waals surface area contributed by atoms with E-state index < -0.39 is 0 Å². The van der Waals surface area contributed by atoms with Gasteiger partial charge in [0.25, 0.3) is 0 Å². The molecule has 1 N–H and O–H groups in total. The lowest BCUT2D eigenvalue weighted by Crippen LogP contribution is -2.22. The van der Waals surface area contributed by atoms with E-state index in [2.05, 4.69) is 63.2 Å². The van der Waals surface area contributed by atoms with Crippen LogP contribution in [0.1, 0.15) is 24.3 Å². The number of ether oxygens (including phenoxy) is 1. The van der Waals surface area contributed by atoms with Gasteiger partial charge < -0.3 is 10.1 Å². The average molecular weight is 419 g/mol. The predicted octanol–water partition coefficient (Wildman–Crippen LogP) is 5.35.